The smallest absolute Gasteiger partial charge is 0.369 e. The van der Waals surface area contributed by atoms with Crippen molar-refractivity contribution >= 4 is 94.3 Å². The van der Waals surface area contributed by atoms with Gasteiger partial charge in [-0.1, -0.05) is 24.3 Å². The fraction of sp³-hybridized carbons (Fsp3) is 0.143. The van der Waals surface area contributed by atoms with E-state index in [2.05, 4.69) is 60.4 Å². The Kier molecular flexibility index (Phi) is 12.5. The molecule has 3 N–H and O–H groups in total. The molecule has 0 bridgehead atoms. The highest BCUT2D eigenvalue weighted by Gasteiger charge is 2.21. The summed E-state index contributed by atoms with van der Waals surface area (Å²) < 4.78 is 27.8. The van der Waals surface area contributed by atoms with E-state index in [1.165, 1.54) is 27.4 Å². The average molecular weight is 861 g/mol. The number of para-hydroxylation sites is 2. The van der Waals surface area contributed by atoms with Crippen molar-refractivity contribution in [1.29, 1.82) is 0 Å². The second-order valence-electron chi connectivity index (χ2n) is 10.1. The lowest BCUT2D eigenvalue weighted by Gasteiger charge is -2.12. The van der Waals surface area contributed by atoms with Gasteiger partial charge in [-0.2, -0.15) is 0 Å². The Morgan fingerprint density at radius 2 is 1.06 bits per heavy atom. The molecule has 14 heteroatoms. The van der Waals surface area contributed by atoms with Crippen LogP contribution in [-0.2, 0) is 12.8 Å². The molecule has 2 aromatic heterocycles. The predicted molar refractivity (Wildman–Crippen MR) is 205 cm³/mol. The van der Waals surface area contributed by atoms with Gasteiger partial charge in [0.2, 0.25) is 10.9 Å². The van der Waals surface area contributed by atoms with E-state index >= 15 is 0 Å². The number of benzene rings is 4. The summed E-state index contributed by atoms with van der Waals surface area (Å²) in [6, 6.07) is 12.6. The van der Waals surface area contributed by atoms with Crippen LogP contribution in [0.5, 0.6) is 34.5 Å². The Balaban J connectivity index is 0.000000199. The van der Waals surface area contributed by atoms with Crippen LogP contribution in [0.4, 0.5) is 0 Å². The standard InChI is InChI=1S/C18H16O5.C17H14O5.BBr3/c1-4-6-10-12(19)9-14(22-3)15-16(20)11-7-5-8-13(21-2)17(11)23-18(10)15;1-3-5-9-11(18)8-12(19)14-15(20)10-6-4-7-13(21-2)16(10)22-17(9)14;2-1(3)4/h4-5,7-9,19H,1,6H2,2-3H3;3-4,6-8,18-19H,1,5H2,2H3;. The number of methoxy groups -OCH3 is 3. The van der Waals surface area contributed by atoms with E-state index in [1.54, 1.807) is 48.6 Å². The summed E-state index contributed by atoms with van der Waals surface area (Å²) in [7, 11) is 4.42. The molecule has 0 atom stereocenters. The molecule has 4 aromatic carbocycles. The SMILES string of the molecule is BrB(Br)Br.C=CCc1c(O)cc(O)c2c(=O)c3cccc(OC)c3oc12.C=CCc1c(O)cc(OC)c2c(=O)c3cccc(OC)c3oc12. The molecular formula is C35H30BBr3O10. The zero-order valence-corrected chi connectivity index (χ0v) is 31.3. The van der Waals surface area contributed by atoms with Crippen LogP contribution in [0.25, 0.3) is 43.9 Å². The first-order valence-corrected chi connectivity index (χ1v) is 17.1. The summed E-state index contributed by atoms with van der Waals surface area (Å²) in [5, 5.41) is 31.3. The number of ether oxygens (including phenoxy) is 3. The van der Waals surface area contributed by atoms with Gasteiger partial charge in [0.1, 0.15) is 44.9 Å². The molecule has 0 fully saturated rings. The molecule has 10 nitrogen and oxygen atoms in total. The van der Waals surface area contributed by atoms with E-state index in [-0.39, 0.29) is 59.2 Å². The molecule has 49 heavy (non-hydrogen) atoms. The zero-order valence-electron chi connectivity index (χ0n) is 26.5. The van der Waals surface area contributed by atoms with Crippen molar-refractivity contribution in [1.82, 2.24) is 0 Å². The first-order valence-electron chi connectivity index (χ1n) is 14.4. The fourth-order valence-electron chi connectivity index (χ4n) is 5.23. The molecule has 6 rings (SSSR count). The van der Waals surface area contributed by atoms with Gasteiger partial charge in [0.15, 0.2) is 22.7 Å². The summed E-state index contributed by atoms with van der Waals surface area (Å²) in [5.74, 6) is 0.647. The molecule has 254 valence electrons. The fourth-order valence-corrected chi connectivity index (χ4v) is 5.23. The average Bonchev–Trinajstić information content (AvgIpc) is 3.07. The number of rotatable bonds is 7. The van der Waals surface area contributed by atoms with Crippen molar-refractivity contribution in [3.8, 4) is 34.5 Å². The Bertz CT molecular complexity index is 2310. The van der Waals surface area contributed by atoms with E-state index in [4.69, 9.17) is 23.0 Å². The maximum atomic E-state index is 12.9. The van der Waals surface area contributed by atoms with Crippen molar-refractivity contribution in [3.05, 3.63) is 105 Å². The highest BCUT2D eigenvalue weighted by molar-refractivity contribution is 9.69. The van der Waals surface area contributed by atoms with Crippen molar-refractivity contribution < 1.29 is 38.4 Å². The number of phenolic OH excluding ortho intramolecular Hbond substituents is 3. The summed E-state index contributed by atoms with van der Waals surface area (Å²) in [5.41, 5.74) is 1.31. The molecule has 0 spiro atoms. The van der Waals surface area contributed by atoms with Crippen LogP contribution in [0.15, 0.2) is 92.3 Å². The molecule has 0 aliphatic heterocycles. The van der Waals surface area contributed by atoms with Crippen molar-refractivity contribution in [2.75, 3.05) is 21.3 Å². The minimum Gasteiger partial charge on any atom is -0.507 e. The number of phenols is 3. The molecule has 0 amide bonds. The molecular weight excluding hydrogens is 831 g/mol. The summed E-state index contributed by atoms with van der Waals surface area (Å²) in [6.07, 6.45) is 3.87. The maximum absolute atomic E-state index is 12.9. The molecule has 0 aliphatic carbocycles. The Hall–Kier alpha value is -4.40. The van der Waals surface area contributed by atoms with E-state index in [1.807, 2.05) is 0 Å². The monoisotopic (exact) mass is 858 g/mol. The lowest BCUT2D eigenvalue weighted by molar-refractivity contribution is 0.407. The lowest BCUT2D eigenvalue weighted by Crippen LogP contribution is -2.06. The predicted octanol–water partition coefficient (Wildman–Crippen LogP) is 8.65. The Morgan fingerprint density at radius 1 is 0.653 bits per heavy atom. The van der Waals surface area contributed by atoms with Gasteiger partial charge in [-0.15, -0.1) is 60.4 Å². The van der Waals surface area contributed by atoms with Gasteiger partial charge in [-0.25, -0.2) is 0 Å². The minimum absolute atomic E-state index is 0.00773. The van der Waals surface area contributed by atoms with Crippen LogP contribution >= 0.6 is 47.3 Å². The van der Waals surface area contributed by atoms with Crippen LogP contribution < -0.4 is 25.1 Å². The van der Waals surface area contributed by atoms with E-state index in [0.717, 1.165) is 6.07 Å². The van der Waals surface area contributed by atoms with Crippen LogP contribution in [-0.4, -0.2) is 39.8 Å². The first-order chi connectivity index (χ1) is 23.4. The molecule has 0 unspecified atom stereocenters. The van der Waals surface area contributed by atoms with Gasteiger partial charge in [0, 0.05) is 23.3 Å². The number of hydrogen-bond acceptors (Lipinski definition) is 10. The maximum Gasteiger partial charge on any atom is 0.369 e. The second-order valence-corrected chi connectivity index (χ2v) is 16.6. The number of halogens is 3. The molecule has 0 saturated carbocycles. The Labute approximate surface area is 305 Å². The van der Waals surface area contributed by atoms with Crippen molar-refractivity contribution in [2.24, 2.45) is 0 Å². The van der Waals surface area contributed by atoms with Crippen LogP contribution in [0.1, 0.15) is 11.1 Å². The summed E-state index contributed by atoms with van der Waals surface area (Å²) in [4.78, 5) is 25.6. The molecule has 0 saturated heterocycles. The van der Waals surface area contributed by atoms with Gasteiger partial charge < -0.3 is 38.4 Å². The third kappa shape index (κ3) is 7.61. The quantitative estimate of drug-likeness (QED) is 0.0810. The normalized spacial score (nSPS) is 10.6. The van der Waals surface area contributed by atoms with Gasteiger partial charge in [0.25, 0.3) is 0 Å². The third-order valence-electron chi connectivity index (χ3n) is 7.33. The molecule has 0 aliphatic rings. The van der Waals surface area contributed by atoms with E-state index < -0.39 is 0 Å². The van der Waals surface area contributed by atoms with Gasteiger partial charge in [-0.3, -0.25) is 9.59 Å². The number of hydrogen-bond donors (Lipinski definition) is 3. The molecule has 0 radical (unpaired) electrons. The summed E-state index contributed by atoms with van der Waals surface area (Å²) in [6.45, 7) is 7.30. The Morgan fingerprint density at radius 3 is 1.49 bits per heavy atom. The topological polar surface area (TPSA) is 149 Å². The second kappa shape index (κ2) is 16.3. The number of aromatic hydroxyl groups is 3. The van der Waals surface area contributed by atoms with Gasteiger partial charge in [0.05, 0.1) is 32.1 Å². The minimum atomic E-state index is -0.377. The molecule has 6 aromatic rings. The molecule has 2 heterocycles. The van der Waals surface area contributed by atoms with Crippen molar-refractivity contribution in [2.45, 2.75) is 12.8 Å². The largest absolute Gasteiger partial charge is 0.507 e. The van der Waals surface area contributed by atoms with Crippen LogP contribution in [0.2, 0.25) is 0 Å². The summed E-state index contributed by atoms with van der Waals surface area (Å²) >= 11 is 9.31. The number of fused-ring (bicyclic) bond motifs is 4. The highest BCUT2D eigenvalue weighted by atomic mass is 79.9. The zero-order chi connectivity index (χ0) is 36.0. The van der Waals surface area contributed by atoms with Crippen molar-refractivity contribution in [3.63, 3.8) is 0 Å². The van der Waals surface area contributed by atoms with Crippen LogP contribution in [0.3, 0.4) is 0 Å². The first kappa shape index (κ1) is 37.4. The third-order valence-corrected chi connectivity index (χ3v) is 7.33. The lowest BCUT2D eigenvalue weighted by atomic mass is 10.0. The van der Waals surface area contributed by atoms with E-state index in [9.17, 15) is 24.9 Å². The van der Waals surface area contributed by atoms with Gasteiger partial charge >= 0.3 is 3.18 Å². The van der Waals surface area contributed by atoms with Crippen LogP contribution in [0, 0.1) is 0 Å². The highest BCUT2D eigenvalue weighted by Crippen LogP contribution is 2.38. The number of allylic oxidation sites excluding steroid dienone is 2. The van der Waals surface area contributed by atoms with E-state index in [0.29, 0.717) is 57.2 Å². The van der Waals surface area contributed by atoms with Gasteiger partial charge in [-0.05, 0) is 37.1 Å².